The third-order valence-electron chi connectivity index (χ3n) is 3.50. The summed E-state index contributed by atoms with van der Waals surface area (Å²) < 4.78 is 0. The molecular formula is C12H17N3O3. The first-order valence-electron chi connectivity index (χ1n) is 6.02. The summed E-state index contributed by atoms with van der Waals surface area (Å²) in [5.41, 5.74) is 0.975. The maximum absolute atomic E-state index is 10.6. The van der Waals surface area contributed by atoms with Gasteiger partial charge in [0.15, 0.2) is 0 Å². The van der Waals surface area contributed by atoms with Crippen molar-refractivity contribution in [2.75, 3.05) is 18.5 Å². The van der Waals surface area contributed by atoms with Crippen LogP contribution in [0.5, 0.6) is 0 Å². The molecule has 1 aromatic heterocycles. The van der Waals surface area contributed by atoms with Gasteiger partial charge in [-0.3, -0.25) is 10.1 Å². The summed E-state index contributed by atoms with van der Waals surface area (Å²) >= 11 is 0. The first-order chi connectivity index (χ1) is 8.56. The number of aromatic nitrogens is 1. The Labute approximate surface area is 105 Å². The van der Waals surface area contributed by atoms with E-state index in [2.05, 4.69) is 10.3 Å². The molecule has 1 saturated carbocycles. The summed E-state index contributed by atoms with van der Waals surface area (Å²) in [5.74, 6) is 0.685. The van der Waals surface area contributed by atoms with Gasteiger partial charge < -0.3 is 10.4 Å². The standard InChI is InChI=1S/C12H17N3O3/c1-9-6-10(15(17)18)7-13-11(9)14-8-12(2-3-12)4-5-16/h6-7,16H,2-5,8H2,1H3,(H,13,14). The normalized spacial score (nSPS) is 16.3. The number of nitro groups is 1. The smallest absolute Gasteiger partial charge is 0.287 e. The van der Waals surface area contributed by atoms with Crippen molar-refractivity contribution in [1.82, 2.24) is 4.98 Å². The van der Waals surface area contributed by atoms with E-state index in [1.807, 2.05) is 0 Å². The molecular weight excluding hydrogens is 234 g/mol. The lowest BCUT2D eigenvalue weighted by Gasteiger charge is -2.15. The van der Waals surface area contributed by atoms with Gasteiger partial charge in [-0.25, -0.2) is 4.98 Å². The summed E-state index contributed by atoms with van der Waals surface area (Å²) in [5, 5.41) is 22.8. The molecule has 0 spiro atoms. The van der Waals surface area contributed by atoms with Gasteiger partial charge in [-0.15, -0.1) is 0 Å². The zero-order valence-corrected chi connectivity index (χ0v) is 10.3. The first kappa shape index (κ1) is 12.8. The van der Waals surface area contributed by atoms with Gasteiger partial charge in [0.2, 0.25) is 0 Å². The molecule has 0 atom stereocenters. The predicted octanol–water partition coefficient (Wildman–Crippen LogP) is 1.87. The molecule has 6 heteroatoms. The van der Waals surface area contributed by atoms with Gasteiger partial charge in [-0.2, -0.15) is 0 Å². The fourth-order valence-corrected chi connectivity index (χ4v) is 2.05. The second-order valence-corrected chi connectivity index (χ2v) is 4.94. The van der Waals surface area contributed by atoms with Crippen molar-refractivity contribution in [2.24, 2.45) is 5.41 Å². The number of aryl methyl sites for hydroxylation is 1. The number of aliphatic hydroxyl groups is 1. The molecule has 0 radical (unpaired) electrons. The molecule has 1 aliphatic rings. The molecule has 0 unspecified atom stereocenters. The van der Waals surface area contributed by atoms with E-state index < -0.39 is 4.92 Å². The number of anilines is 1. The van der Waals surface area contributed by atoms with Crippen LogP contribution in [0.15, 0.2) is 12.3 Å². The van der Waals surface area contributed by atoms with E-state index in [0.717, 1.165) is 31.4 Å². The summed E-state index contributed by atoms with van der Waals surface area (Å²) in [6.07, 6.45) is 4.30. The van der Waals surface area contributed by atoms with E-state index in [9.17, 15) is 10.1 Å². The van der Waals surface area contributed by atoms with E-state index in [1.54, 1.807) is 6.92 Å². The molecule has 1 heterocycles. The average molecular weight is 251 g/mol. The van der Waals surface area contributed by atoms with E-state index in [0.29, 0.717) is 5.82 Å². The molecule has 0 amide bonds. The third kappa shape index (κ3) is 2.76. The Balaban J connectivity index is 2.00. The van der Waals surface area contributed by atoms with Crippen molar-refractivity contribution in [3.05, 3.63) is 27.9 Å². The molecule has 98 valence electrons. The molecule has 0 saturated heterocycles. The minimum absolute atomic E-state index is 0.00884. The van der Waals surface area contributed by atoms with Crippen LogP contribution in [-0.2, 0) is 0 Å². The quantitative estimate of drug-likeness (QED) is 0.595. The zero-order valence-electron chi connectivity index (χ0n) is 10.3. The van der Waals surface area contributed by atoms with E-state index in [-0.39, 0.29) is 17.7 Å². The van der Waals surface area contributed by atoms with Crippen molar-refractivity contribution < 1.29 is 10.0 Å². The van der Waals surface area contributed by atoms with Crippen molar-refractivity contribution in [2.45, 2.75) is 26.2 Å². The average Bonchev–Trinajstić information content (AvgIpc) is 3.08. The highest BCUT2D eigenvalue weighted by atomic mass is 16.6. The minimum Gasteiger partial charge on any atom is -0.396 e. The Morgan fingerprint density at radius 3 is 2.83 bits per heavy atom. The number of rotatable bonds is 6. The second-order valence-electron chi connectivity index (χ2n) is 4.94. The van der Waals surface area contributed by atoms with Crippen LogP contribution in [0.25, 0.3) is 0 Å². The van der Waals surface area contributed by atoms with Crippen molar-refractivity contribution >= 4 is 11.5 Å². The zero-order chi connectivity index (χ0) is 13.2. The van der Waals surface area contributed by atoms with Gasteiger partial charge >= 0.3 is 0 Å². The summed E-state index contributed by atoms with van der Waals surface area (Å²) in [7, 11) is 0. The molecule has 0 bridgehead atoms. The lowest BCUT2D eigenvalue weighted by Crippen LogP contribution is -2.18. The van der Waals surface area contributed by atoms with Crippen LogP contribution < -0.4 is 5.32 Å². The summed E-state index contributed by atoms with van der Waals surface area (Å²) in [6.45, 7) is 2.77. The highest BCUT2D eigenvalue weighted by molar-refractivity contribution is 5.48. The minimum atomic E-state index is -0.447. The van der Waals surface area contributed by atoms with E-state index >= 15 is 0 Å². The monoisotopic (exact) mass is 251 g/mol. The van der Waals surface area contributed by atoms with Gasteiger partial charge in [0.1, 0.15) is 12.0 Å². The number of hydrogen-bond donors (Lipinski definition) is 2. The molecule has 1 aromatic rings. The van der Waals surface area contributed by atoms with Gasteiger partial charge in [0, 0.05) is 19.2 Å². The van der Waals surface area contributed by atoms with Gasteiger partial charge in [0.25, 0.3) is 5.69 Å². The second kappa shape index (κ2) is 4.89. The Morgan fingerprint density at radius 1 is 1.61 bits per heavy atom. The molecule has 1 aliphatic carbocycles. The summed E-state index contributed by atoms with van der Waals surface area (Å²) in [6, 6.07) is 1.51. The Hall–Kier alpha value is -1.69. The van der Waals surface area contributed by atoms with Crippen molar-refractivity contribution in [3.63, 3.8) is 0 Å². The van der Waals surface area contributed by atoms with Crippen molar-refractivity contribution in [1.29, 1.82) is 0 Å². The fraction of sp³-hybridized carbons (Fsp3) is 0.583. The fourth-order valence-electron chi connectivity index (χ4n) is 2.05. The van der Waals surface area contributed by atoms with Gasteiger partial charge in [-0.1, -0.05) is 0 Å². The largest absolute Gasteiger partial charge is 0.396 e. The lowest BCUT2D eigenvalue weighted by molar-refractivity contribution is -0.385. The molecule has 0 aromatic carbocycles. The van der Waals surface area contributed by atoms with Crippen LogP contribution in [0, 0.1) is 22.5 Å². The van der Waals surface area contributed by atoms with Crippen LogP contribution in [-0.4, -0.2) is 28.2 Å². The molecule has 2 N–H and O–H groups in total. The van der Waals surface area contributed by atoms with Crippen LogP contribution in [0.3, 0.4) is 0 Å². The highest BCUT2D eigenvalue weighted by Crippen LogP contribution is 2.48. The third-order valence-corrected chi connectivity index (χ3v) is 3.50. The Kier molecular flexibility index (Phi) is 3.47. The maximum Gasteiger partial charge on any atom is 0.287 e. The Bertz CT molecular complexity index is 458. The molecule has 6 nitrogen and oxygen atoms in total. The molecule has 2 rings (SSSR count). The number of hydrogen-bond acceptors (Lipinski definition) is 5. The molecule has 0 aliphatic heterocycles. The number of pyridine rings is 1. The highest BCUT2D eigenvalue weighted by Gasteiger charge is 2.41. The van der Waals surface area contributed by atoms with Gasteiger partial charge in [-0.05, 0) is 37.2 Å². The van der Waals surface area contributed by atoms with E-state index in [4.69, 9.17) is 5.11 Å². The van der Waals surface area contributed by atoms with E-state index in [1.165, 1.54) is 12.3 Å². The number of nitrogens with zero attached hydrogens (tertiary/aromatic N) is 2. The first-order valence-corrected chi connectivity index (χ1v) is 6.02. The van der Waals surface area contributed by atoms with Crippen molar-refractivity contribution in [3.8, 4) is 0 Å². The topological polar surface area (TPSA) is 88.3 Å². The van der Waals surface area contributed by atoms with Crippen LogP contribution in [0.1, 0.15) is 24.8 Å². The SMILES string of the molecule is Cc1cc([N+](=O)[O-])cnc1NCC1(CCO)CC1. The molecule has 18 heavy (non-hydrogen) atoms. The lowest BCUT2D eigenvalue weighted by atomic mass is 10.0. The molecule has 1 fully saturated rings. The maximum atomic E-state index is 10.6. The summed E-state index contributed by atoms with van der Waals surface area (Å²) in [4.78, 5) is 14.2. The van der Waals surface area contributed by atoms with Crippen LogP contribution in [0.2, 0.25) is 0 Å². The van der Waals surface area contributed by atoms with Gasteiger partial charge in [0.05, 0.1) is 4.92 Å². The van der Waals surface area contributed by atoms with Crippen LogP contribution >= 0.6 is 0 Å². The van der Waals surface area contributed by atoms with Crippen LogP contribution in [0.4, 0.5) is 11.5 Å². The Morgan fingerprint density at radius 2 is 2.33 bits per heavy atom. The number of aliphatic hydroxyl groups excluding tert-OH is 1. The predicted molar refractivity (Wildman–Crippen MR) is 67.5 cm³/mol. The number of nitrogens with one attached hydrogen (secondary N) is 1.